The standard InChI is InChI=1S/C4H6Cl2/c1-3-2-4(3,5)6/h3H,2H2,1H3. The molecule has 36 valence electrons. The van der Waals surface area contributed by atoms with Crippen molar-refractivity contribution in [2.24, 2.45) is 5.92 Å². The van der Waals surface area contributed by atoms with E-state index in [1.165, 1.54) is 0 Å². The number of hydrogen-bond donors (Lipinski definition) is 0. The van der Waals surface area contributed by atoms with E-state index in [2.05, 4.69) is 0 Å². The molecule has 1 saturated carbocycles. The van der Waals surface area contributed by atoms with Gasteiger partial charge < -0.3 is 0 Å². The Labute approximate surface area is 47.4 Å². The number of halogens is 2. The van der Waals surface area contributed by atoms with Gasteiger partial charge in [0.25, 0.3) is 0 Å². The van der Waals surface area contributed by atoms with E-state index in [9.17, 15) is 0 Å². The van der Waals surface area contributed by atoms with Crippen LogP contribution in [0.3, 0.4) is 0 Å². The quantitative estimate of drug-likeness (QED) is 0.435. The van der Waals surface area contributed by atoms with Gasteiger partial charge >= 0.3 is 0 Å². The van der Waals surface area contributed by atoms with Crippen LogP contribution in [0.1, 0.15) is 13.3 Å². The number of rotatable bonds is 0. The van der Waals surface area contributed by atoms with E-state index in [4.69, 9.17) is 23.2 Å². The molecule has 0 aromatic carbocycles. The van der Waals surface area contributed by atoms with Gasteiger partial charge in [-0.3, -0.25) is 0 Å². The molecule has 1 fully saturated rings. The zero-order chi connectivity index (χ0) is 4.78. The lowest BCUT2D eigenvalue weighted by atomic mass is 10.5. The van der Waals surface area contributed by atoms with Crippen molar-refractivity contribution in [3.63, 3.8) is 0 Å². The molecule has 0 aromatic heterocycles. The number of hydrogen-bond acceptors (Lipinski definition) is 0. The SMILES string of the molecule is CC1CC1(Cl)Cl. The van der Waals surface area contributed by atoms with Crippen molar-refractivity contribution in [2.75, 3.05) is 0 Å². The lowest BCUT2D eigenvalue weighted by Crippen LogP contribution is -1.81. The molecule has 0 aromatic rings. The monoisotopic (exact) mass is 124 g/mol. The fourth-order valence-corrected chi connectivity index (χ4v) is 0.812. The summed E-state index contributed by atoms with van der Waals surface area (Å²) in [6, 6.07) is 0. The largest absolute Gasteiger partial charge is 0.121 e. The highest BCUT2D eigenvalue weighted by Crippen LogP contribution is 2.52. The van der Waals surface area contributed by atoms with Crippen molar-refractivity contribution in [3.05, 3.63) is 0 Å². The maximum atomic E-state index is 5.56. The first kappa shape index (κ1) is 4.73. The van der Waals surface area contributed by atoms with Crippen LogP contribution in [-0.2, 0) is 0 Å². The minimum atomic E-state index is -0.347. The summed E-state index contributed by atoms with van der Waals surface area (Å²) in [5.74, 6) is 0.529. The smallest absolute Gasteiger partial charge is 0.101 e. The molecule has 0 saturated heterocycles. The van der Waals surface area contributed by atoms with Gasteiger partial charge in [-0.2, -0.15) is 0 Å². The predicted octanol–water partition coefficient (Wildman–Crippen LogP) is 2.20. The van der Waals surface area contributed by atoms with Gasteiger partial charge in [-0.25, -0.2) is 0 Å². The lowest BCUT2D eigenvalue weighted by Gasteiger charge is -1.85. The first-order chi connectivity index (χ1) is 2.63. The Balaban J connectivity index is 2.41. The van der Waals surface area contributed by atoms with E-state index < -0.39 is 0 Å². The molecule has 0 amide bonds. The molecule has 0 heterocycles. The first-order valence-electron chi connectivity index (χ1n) is 2.01. The van der Waals surface area contributed by atoms with Gasteiger partial charge in [-0.05, 0) is 12.3 Å². The lowest BCUT2D eigenvalue weighted by molar-refractivity contribution is 0.963. The third-order valence-corrected chi connectivity index (χ3v) is 2.19. The summed E-state index contributed by atoms with van der Waals surface area (Å²) in [7, 11) is 0. The third kappa shape index (κ3) is 0.640. The van der Waals surface area contributed by atoms with Gasteiger partial charge in [0.2, 0.25) is 0 Å². The van der Waals surface area contributed by atoms with Crippen molar-refractivity contribution in [1.29, 1.82) is 0 Å². The molecule has 2 heteroatoms. The Kier molecular flexibility index (Phi) is 0.825. The van der Waals surface area contributed by atoms with Crippen molar-refractivity contribution in [1.82, 2.24) is 0 Å². The van der Waals surface area contributed by atoms with E-state index in [1.807, 2.05) is 6.92 Å². The number of alkyl halides is 2. The van der Waals surface area contributed by atoms with Gasteiger partial charge in [-0.1, -0.05) is 6.92 Å². The van der Waals surface area contributed by atoms with Crippen molar-refractivity contribution < 1.29 is 0 Å². The van der Waals surface area contributed by atoms with Crippen LogP contribution in [0.15, 0.2) is 0 Å². The molecule has 0 spiro atoms. The van der Waals surface area contributed by atoms with Crippen molar-refractivity contribution in [2.45, 2.75) is 17.7 Å². The molecule has 0 aliphatic heterocycles. The molecule has 0 bridgehead atoms. The molecule has 0 N–H and O–H groups in total. The summed E-state index contributed by atoms with van der Waals surface area (Å²) in [5.41, 5.74) is 0. The van der Waals surface area contributed by atoms with Crippen molar-refractivity contribution >= 4 is 23.2 Å². The van der Waals surface area contributed by atoms with Crippen LogP contribution >= 0.6 is 23.2 Å². The van der Waals surface area contributed by atoms with Crippen LogP contribution in [0.5, 0.6) is 0 Å². The van der Waals surface area contributed by atoms with Crippen LogP contribution in [0.4, 0.5) is 0 Å². The van der Waals surface area contributed by atoms with Crippen LogP contribution in [0.25, 0.3) is 0 Å². The van der Waals surface area contributed by atoms with Crippen LogP contribution < -0.4 is 0 Å². The van der Waals surface area contributed by atoms with E-state index >= 15 is 0 Å². The van der Waals surface area contributed by atoms with Crippen LogP contribution in [0.2, 0.25) is 0 Å². The van der Waals surface area contributed by atoms with Gasteiger partial charge in [0, 0.05) is 0 Å². The Morgan fingerprint density at radius 1 is 1.67 bits per heavy atom. The van der Waals surface area contributed by atoms with E-state index in [0.717, 1.165) is 6.42 Å². The molecule has 1 aliphatic rings. The van der Waals surface area contributed by atoms with E-state index in [-0.39, 0.29) is 4.33 Å². The fraction of sp³-hybridized carbons (Fsp3) is 1.00. The highest BCUT2D eigenvalue weighted by molar-refractivity contribution is 6.50. The molecule has 1 atom stereocenters. The summed E-state index contributed by atoms with van der Waals surface area (Å²) >= 11 is 11.1. The average molecular weight is 125 g/mol. The van der Waals surface area contributed by atoms with Gasteiger partial charge in [0.1, 0.15) is 4.33 Å². The van der Waals surface area contributed by atoms with Gasteiger partial charge in [0.15, 0.2) is 0 Å². The summed E-state index contributed by atoms with van der Waals surface area (Å²) in [6.07, 6.45) is 0.968. The molecule has 1 aliphatic carbocycles. The molecule has 6 heavy (non-hydrogen) atoms. The molecule has 0 radical (unpaired) electrons. The van der Waals surface area contributed by atoms with Crippen LogP contribution in [-0.4, -0.2) is 4.33 Å². The molecular formula is C4H6Cl2. The fourth-order valence-electron chi connectivity index (χ4n) is 0.349. The van der Waals surface area contributed by atoms with Gasteiger partial charge in [-0.15, -0.1) is 23.2 Å². The summed E-state index contributed by atoms with van der Waals surface area (Å²) in [5, 5.41) is 0. The second-order valence-corrected chi connectivity index (χ2v) is 3.41. The second-order valence-electron chi connectivity index (χ2n) is 1.87. The van der Waals surface area contributed by atoms with Crippen molar-refractivity contribution in [3.8, 4) is 0 Å². The minimum absolute atomic E-state index is 0.347. The second kappa shape index (κ2) is 1.05. The summed E-state index contributed by atoms with van der Waals surface area (Å²) in [4.78, 5) is 0. The first-order valence-corrected chi connectivity index (χ1v) is 2.76. The Bertz CT molecular complexity index is 67.9. The Morgan fingerprint density at radius 2 is 1.83 bits per heavy atom. The third-order valence-electron chi connectivity index (χ3n) is 1.14. The highest BCUT2D eigenvalue weighted by atomic mass is 35.5. The van der Waals surface area contributed by atoms with Crippen LogP contribution in [0, 0.1) is 5.92 Å². The maximum Gasteiger partial charge on any atom is 0.121 e. The molecule has 1 unspecified atom stereocenters. The maximum absolute atomic E-state index is 5.56. The van der Waals surface area contributed by atoms with E-state index in [1.54, 1.807) is 0 Å². The highest BCUT2D eigenvalue weighted by Gasteiger charge is 2.47. The normalized spacial score (nSPS) is 39.5. The zero-order valence-electron chi connectivity index (χ0n) is 3.54. The zero-order valence-corrected chi connectivity index (χ0v) is 5.05. The molecular weight excluding hydrogens is 119 g/mol. The van der Waals surface area contributed by atoms with Gasteiger partial charge in [0.05, 0.1) is 0 Å². The van der Waals surface area contributed by atoms with E-state index in [0.29, 0.717) is 5.92 Å². The topological polar surface area (TPSA) is 0 Å². The average Bonchev–Trinajstić information content (AvgIpc) is 1.73. The Morgan fingerprint density at radius 3 is 1.83 bits per heavy atom. The minimum Gasteiger partial charge on any atom is -0.101 e. The summed E-state index contributed by atoms with van der Waals surface area (Å²) < 4.78 is -0.347. The summed E-state index contributed by atoms with van der Waals surface area (Å²) in [6.45, 7) is 2.04. The molecule has 1 rings (SSSR count). The Hall–Kier alpha value is 0.580. The predicted molar refractivity (Wildman–Crippen MR) is 28.2 cm³/mol. The molecule has 0 nitrogen and oxygen atoms in total.